The van der Waals surface area contributed by atoms with Crippen LogP contribution in [-0.2, 0) is 0 Å². The fourth-order valence-electron chi connectivity index (χ4n) is 2.93. The fraction of sp³-hybridized carbons (Fsp3) is 0.714. The van der Waals surface area contributed by atoms with Crippen LogP contribution in [-0.4, -0.2) is 40.0 Å². The van der Waals surface area contributed by atoms with Gasteiger partial charge in [-0.1, -0.05) is 18.2 Å². The van der Waals surface area contributed by atoms with Gasteiger partial charge in [-0.2, -0.15) is 0 Å². The quantitative estimate of drug-likeness (QED) is 0.617. The first-order valence-electron chi connectivity index (χ1n) is 6.91. The topological polar surface area (TPSA) is 58.0 Å². The molecule has 0 saturated heterocycles. The summed E-state index contributed by atoms with van der Waals surface area (Å²) in [6, 6.07) is 0. The average molecular weight is 281 g/mol. The summed E-state index contributed by atoms with van der Waals surface area (Å²) in [6.07, 6.45) is 8.31. The molecule has 1 aromatic rings. The van der Waals surface area contributed by atoms with Gasteiger partial charge in [0.2, 0.25) is 0 Å². The van der Waals surface area contributed by atoms with Gasteiger partial charge < -0.3 is 10.4 Å². The van der Waals surface area contributed by atoms with E-state index in [1.54, 1.807) is 11.8 Å². The van der Waals surface area contributed by atoms with Crippen molar-refractivity contribution in [2.45, 2.75) is 43.3 Å². The van der Waals surface area contributed by atoms with Crippen LogP contribution in [0.1, 0.15) is 31.2 Å². The molecule has 0 aromatic carbocycles. The number of nitrogens with one attached hydrogen (secondary N) is 1. The van der Waals surface area contributed by atoms with Gasteiger partial charge in [0.05, 0.1) is 6.61 Å². The highest BCUT2D eigenvalue weighted by Gasteiger charge is 2.40. The minimum absolute atomic E-state index is 0.0608. The van der Waals surface area contributed by atoms with Crippen LogP contribution in [0.4, 0.5) is 0 Å². The lowest BCUT2D eigenvalue weighted by molar-refractivity contribution is 0.130. The maximum absolute atomic E-state index is 9.64. The first-order chi connectivity index (χ1) is 9.20. The maximum Gasteiger partial charge on any atom is 0.187 e. The van der Waals surface area contributed by atoms with E-state index in [0.717, 1.165) is 29.3 Å². The molecule has 0 radical (unpaired) electrons. The van der Waals surface area contributed by atoms with Gasteiger partial charge in [0.25, 0.3) is 0 Å². The Morgan fingerprint density at radius 3 is 2.84 bits per heavy atom. The van der Waals surface area contributed by atoms with Crippen LogP contribution in [0.25, 0.3) is 0 Å². The number of nitrogens with zero attached hydrogens (tertiary/aromatic N) is 2. The van der Waals surface area contributed by atoms with Gasteiger partial charge in [-0.05, 0) is 44.7 Å². The first kappa shape index (κ1) is 14.8. The molecule has 2 rings (SSSR count). The van der Waals surface area contributed by atoms with Crippen molar-refractivity contribution in [1.29, 1.82) is 0 Å². The van der Waals surface area contributed by atoms with E-state index >= 15 is 0 Å². The van der Waals surface area contributed by atoms with E-state index in [-0.39, 0.29) is 12.1 Å². The monoisotopic (exact) mass is 281 g/mol. The zero-order valence-corrected chi connectivity index (χ0v) is 12.5. The summed E-state index contributed by atoms with van der Waals surface area (Å²) in [7, 11) is 1.96. The Morgan fingerprint density at radius 1 is 1.47 bits per heavy atom. The summed E-state index contributed by atoms with van der Waals surface area (Å²) in [6.45, 7) is 2.23. The van der Waals surface area contributed by atoms with Crippen molar-refractivity contribution in [2.24, 2.45) is 5.92 Å². The largest absolute Gasteiger partial charge is 0.394 e. The predicted octanol–water partition coefficient (Wildman–Crippen LogP) is 2.02. The van der Waals surface area contributed by atoms with Gasteiger partial charge in [-0.25, -0.2) is 9.97 Å². The van der Waals surface area contributed by atoms with Gasteiger partial charge in [0, 0.05) is 23.7 Å². The SMILES string of the molecule is CNC1(CO)CCCC1CCSc1ncc(C)cn1. The number of aliphatic hydroxyl groups is 1. The van der Waals surface area contributed by atoms with Crippen molar-refractivity contribution in [3.63, 3.8) is 0 Å². The third-order valence-electron chi connectivity index (χ3n) is 4.19. The molecule has 1 heterocycles. The van der Waals surface area contributed by atoms with E-state index in [4.69, 9.17) is 0 Å². The van der Waals surface area contributed by atoms with Crippen molar-refractivity contribution in [3.8, 4) is 0 Å². The van der Waals surface area contributed by atoms with E-state index in [1.807, 2.05) is 26.4 Å². The highest BCUT2D eigenvalue weighted by atomic mass is 32.2. The summed E-state index contributed by atoms with van der Waals surface area (Å²) in [5.74, 6) is 1.57. The molecule has 1 aliphatic rings. The third-order valence-corrected chi connectivity index (χ3v) is 5.10. The van der Waals surface area contributed by atoms with Gasteiger partial charge in [0.15, 0.2) is 5.16 Å². The molecular weight excluding hydrogens is 258 g/mol. The number of hydrogen-bond donors (Lipinski definition) is 2. The molecule has 0 bridgehead atoms. The summed E-state index contributed by atoms with van der Waals surface area (Å²) >= 11 is 1.71. The zero-order valence-electron chi connectivity index (χ0n) is 11.7. The van der Waals surface area contributed by atoms with E-state index in [9.17, 15) is 5.11 Å². The lowest BCUT2D eigenvalue weighted by Crippen LogP contribution is -2.49. The van der Waals surface area contributed by atoms with Gasteiger partial charge in [0.1, 0.15) is 0 Å². The summed E-state index contributed by atoms with van der Waals surface area (Å²) < 4.78 is 0. The molecule has 19 heavy (non-hydrogen) atoms. The van der Waals surface area contributed by atoms with E-state index in [1.165, 1.54) is 12.8 Å². The lowest BCUT2D eigenvalue weighted by atomic mass is 9.86. The Labute approximate surface area is 119 Å². The van der Waals surface area contributed by atoms with E-state index in [0.29, 0.717) is 5.92 Å². The summed E-state index contributed by atoms with van der Waals surface area (Å²) in [4.78, 5) is 8.61. The number of aromatic nitrogens is 2. The smallest absolute Gasteiger partial charge is 0.187 e. The second-order valence-corrected chi connectivity index (χ2v) is 6.40. The highest BCUT2D eigenvalue weighted by Crippen LogP contribution is 2.38. The molecule has 1 aromatic heterocycles. The normalized spacial score (nSPS) is 26.8. The molecule has 5 heteroatoms. The molecule has 1 aliphatic carbocycles. The minimum atomic E-state index is -0.0608. The molecule has 0 amide bonds. The van der Waals surface area contributed by atoms with Crippen LogP contribution in [0.3, 0.4) is 0 Å². The Hall–Kier alpha value is -0.650. The van der Waals surface area contributed by atoms with E-state index in [2.05, 4.69) is 15.3 Å². The highest BCUT2D eigenvalue weighted by molar-refractivity contribution is 7.99. The van der Waals surface area contributed by atoms with Gasteiger partial charge in [-0.3, -0.25) is 0 Å². The number of aliphatic hydroxyl groups excluding tert-OH is 1. The Bertz CT molecular complexity index is 392. The fourth-order valence-corrected chi connectivity index (χ4v) is 3.77. The number of aryl methyl sites for hydroxylation is 1. The predicted molar refractivity (Wildman–Crippen MR) is 78.3 cm³/mol. The third kappa shape index (κ3) is 3.46. The zero-order chi connectivity index (χ0) is 13.7. The van der Waals surface area contributed by atoms with Crippen molar-refractivity contribution in [2.75, 3.05) is 19.4 Å². The van der Waals surface area contributed by atoms with Crippen molar-refractivity contribution in [1.82, 2.24) is 15.3 Å². The first-order valence-corrected chi connectivity index (χ1v) is 7.90. The number of thioether (sulfide) groups is 1. The molecule has 1 fully saturated rings. The van der Waals surface area contributed by atoms with Crippen molar-refractivity contribution < 1.29 is 5.11 Å². The molecule has 2 N–H and O–H groups in total. The Kier molecular flexibility index (Phi) is 5.19. The summed E-state index contributed by atoms with van der Waals surface area (Å²) in [5.41, 5.74) is 1.03. The van der Waals surface area contributed by atoms with Crippen LogP contribution in [0.15, 0.2) is 17.6 Å². The maximum atomic E-state index is 9.64. The molecule has 4 nitrogen and oxygen atoms in total. The molecule has 0 aliphatic heterocycles. The van der Waals surface area contributed by atoms with Crippen molar-refractivity contribution >= 4 is 11.8 Å². The molecule has 1 saturated carbocycles. The van der Waals surface area contributed by atoms with Crippen LogP contribution in [0.5, 0.6) is 0 Å². The molecule has 0 spiro atoms. The van der Waals surface area contributed by atoms with Crippen LogP contribution in [0.2, 0.25) is 0 Å². The molecule has 2 unspecified atom stereocenters. The minimum Gasteiger partial charge on any atom is -0.394 e. The molecule has 2 atom stereocenters. The number of hydrogen-bond acceptors (Lipinski definition) is 5. The van der Waals surface area contributed by atoms with Crippen LogP contribution >= 0.6 is 11.8 Å². The number of rotatable bonds is 6. The molecule has 106 valence electrons. The standard InChI is InChI=1S/C14H23N3OS/c1-11-8-16-13(17-9-11)19-7-5-12-4-3-6-14(12,10-18)15-2/h8-9,12,15,18H,3-7,10H2,1-2H3. The Morgan fingerprint density at radius 2 is 2.21 bits per heavy atom. The van der Waals surface area contributed by atoms with Crippen LogP contribution < -0.4 is 5.32 Å². The number of likely N-dealkylation sites (N-methyl/N-ethyl adjacent to an activating group) is 1. The van der Waals surface area contributed by atoms with Gasteiger partial charge >= 0.3 is 0 Å². The lowest BCUT2D eigenvalue weighted by Gasteiger charge is -2.33. The Balaban J connectivity index is 1.83. The van der Waals surface area contributed by atoms with Gasteiger partial charge in [-0.15, -0.1) is 0 Å². The summed E-state index contributed by atoms with van der Waals surface area (Å²) in [5, 5.41) is 13.8. The average Bonchev–Trinajstić information content (AvgIpc) is 2.84. The van der Waals surface area contributed by atoms with Crippen molar-refractivity contribution in [3.05, 3.63) is 18.0 Å². The van der Waals surface area contributed by atoms with Crippen LogP contribution in [0, 0.1) is 12.8 Å². The second-order valence-electron chi connectivity index (χ2n) is 5.33. The second kappa shape index (κ2) is 6.68. The molecular formula is C14H23N3OS. The van der Waals surface area contributed by atoms with E-state index < -0.39 is 0 Å².